The number of ether oxygens (including phenoxy) is 1. The Balaban J connectivity index is 2.11. The van der Waals surface area contributed by atoms with Crippen LogP contribution in [0.2, 0.25) is 0 Å². The van der Waals surface area contributed by atoms with E-state index < -0.39 is 6.10 Å². The molecule has 0 aromatic heterocycles. The lowest BCUT2D eigenvalue weighted by molar-refractivity contribution is -0.121. The second-order valence-corrected chi connectivity index (χ2v) is 4.42. The lowest BCUT2D eigenvalue weighted by Crippen LogP contribution is -2.30. The first kappa shape index (κ1) is 14.5. The molecule has 1 amide bonds. The van der Waals surface area contributed by atoms with E-state index in [1.54, 1.807) is 6.92 Å². The Labute approximate surface area is 108 Å². The first-order valence-corrected chi connectivity index (χ1v) is 6.22. The van der Waals surface area contributed by atoms with Crippen molar-refractivity contribution in [2.75, 3.05) is 13.2 Å². The van der Waals surface area contributed by atoms with E-state index in [-0.39, 0.29) is 5.91 Å². The summed E-state index contributed by atoms with van der Waals surface area (Å²) in [6.07, 6.45) is 0.579. The number of amides is 1. The molecule has 0 heterocycles. The minimum absolute atomic E-state index is 0.0524. The van der Waals surface area contributed by atoms with E-state index in [4.69, 9.17) is 9.84 Å². The number of rotatable bonds is 7. The number of carbonyl (C=O) groups excluding carboxylic acids is 1. The summed E-state index contributed by atoms with van der Waals surface area (Å²) in [4.78, 5) is 11.3. The number of aryl methyl sites for hydroxylation is 1. The van der Waals surface area contributed by atoms with Crippen molar-refractivity contribution in [3.63, 3.8) is 0 Å². The minimum atomic E-state index is -0.502. The van der Waals surface area contributed by atoms with E-state index in [0.29, 0.717) is 26.0 Å². The van der Waals surface area contributed by atoms with E-state index in [1.807, 2.05) is 31.2 Å². The van der Waals surface area contributed by atoms with Gasteiger partial charge in [-0.3, -0.25) is 4.79 Å². The SMILES string of the molecule is Cc1ccc(OCCCC(=O)NC[C@@H](C)O)cc1. The Morgan fingerprint density at radius 1 is 1.39 bits per heavy atom. The topological polar surface area (TPSA) is 58.6 Å². The number of aliphatic hydroxyl groups is 1. The van der Waals surface area contributed by atoms with Gasteiger partial charge in [-0.15, -0.1) is 0 Å². The minimum Gasteiger partial charge on any atom is -0.494 e. The van der Waals surface area contributed by atoms with Gasteiger partial charge in [-0.2, -0.15) is 0 Å². The maximum absolute atomic E-state index is 11.3. The van der Waals surface area contributed by atoms with Crippen LogP contribution in [0.15, 0.2) is 24.3 Å². The van der Waals surface area contributed by atoms with Crippen molar-refractivity contribution in [3.05, 3.63) is 29.8 Å². The predicted octanol–water partition coefficient (Wildman–Crippen LogP) is 1.65. The smallest absolute Gasteiger partial charge is 0.220 e. The first-order chi connectivity index (χ1) is 8.58. The summed E-state index contributed by atoms with van der Waals surface area (Å²) in [5.41, 5.74) is 1.19. The summed E-state index contributed by atoms with van der Waals surface area (Å²) >= 11 is 0. The third-order valence-electron chi connectivity index (χ3n) is 2.43. The van der Waals surface area contributed by atoms with Gasteiger partial charge in [0.05, 0.1) is 12.7 Å². The quantitative estimate of drug-likeness (QED) is 0.724. The lowest BCUT2D eigenvalue weighted by Gasteiger charge is -2.08. The first-order valence-electron chi connectivity index (χ1n) is 6.22. The van der Waals surface area contributed by atoms with Crippen LogP contribution < -0.4 is 10.1 Å². The van der Waals surface area contributed by atoms with Gasteiger partial charge in [0.1, 0.15) is 5.75 Å². The molecule has 1 aromatic rings. The molecule has 1 aromatic carbocycles. The monoisotopic (exact) mass is 251 g/mol. The van der Waals surface area contributed by atoms with Crippen LogP contribution in [0.5, 0.6) is 5.75 Å². The van der Waals surface area contributed by atoms with Gasteiger partial charge < -0.3 is 15.2 Å². The summed E-state index contributed by atoms with van der Waals surface area (Å²) < 4.78 is 5.51. The summed E-state index contributed by atoms with van der Waals surface area (Å²) in [7, 11) is 0. The zero-order valence-electron chi connectivity index (χ0n) is 11.0. The van der Waals surface area contributed by atoms with Crippen LogP contribution in [0.3, 0.4) is 0 Å². The molecule has 0 aliphatic rings. The Kier molecular flexibility index (Phi) is 6.22. The van der Waals surface area contributed by atoms with Gasteiger partial charge in [0, 0.05) is 13.0 Å². The maximum atomic E-state index is 11.3. The fourth-order valence-electron chi connectivity index (χ4n) is 1.41. The molecule has 0 aliphatic carbocycles. The lowest BCUT2D eigenvalue weighted by atomic mass is 10.2. The molecule has 1 rings (SSSR count). The molecule has 0 saturated heterocycles. The molecular weight excluding hydrogens is 230 g/mol. The summed E-state index contributed by atoms with van der Waals surface area (Å²) in [5.74, 6) is 0.772. The zero-order valence-corrected chi connectivity index (χ0v) is 11.0. The number of carbonyl (C=O) groups is 1. The van der Waals surface area contributed by atoms with Gasteiger partial charge in [-0.05, 0) is 32.4 Å². The highest BCUT2D eigenvalue weighted by Gasteiger charge is 2.02. The summed E-state index contributed by atoms with van der Waals surface area (Å²) in [6.45, 7) is 4.49. The Hall–Kier alpha value is -1.55. The van der Waals surface area contributed by atoms with Crippen molar-refractivity contribution in [2.24, 2.45) is 0 Å². The molecular formula is C14H21NO3. The van der Waals surface area contributed by atoms with Crippen LogP contribution in [-0.4, -0.2) is 30.3 Å². The Bertz CT molecular complexity index is 360. The molecule has 4 nitrogen and oxygen atoms in total. The van der Waals surface area contributed by atoms with Crippen molar-refractivity contribution < 1.29 is 14.6 Å². The molecule has 100 valence electrons. The van der Waals surface area contributed by atoms with Gasteiger partial charge in [-0.25, -0.2) is 0 Å². The van der Waals surface area contributed by atoms with Crippen LogP contribution in [0, 0.1) is 6.92 Å². The second-order valence-electron chi connectivity index (χ2n) is 4.42. The van der Waals surface area contributed by atoms with Crippen LogP contribution in [0.25, 0.3) is 0 Å². The largest absolute Gasteiger partial charge is 0.494 e. The fourth-order valence-corrected chi connectivity index (χ4v) is 1.41. The van der Waals surface area contributed by atoms with Crippen LogP contribution >= 0.6 is 0 Å². The molecule has 0 spiro atoms. The van der Waals surface area contributed by atoms with Crippen LogP contribution in [-0.2, 0) is 4.79 Å². The molecule has 18 heavy (non-hydrogen) atoms. The van der Waals surface area contributed by atoms with E-state index in [9.17, 15) is 4.79 Å². The molecule has 0 bridgehead atoms. The maximum Gasteiger partial charge on any atom is 0.220 e. The van der Waals surface area contributed by atoms with E-state index in [0.717, 1.165) is 5.75 Å². The Morgan fingerprint density at radius 3 is 2.67 bits per heavy atom. The third-order valence-corrected chi connectivity index (χ3v) is 2.43. The fraction of sp³-hybridized carbons (Fsp3) is 0.500. The van der Waals surface area contributed by atoms with E-state index in [1.165, 1.54) is 5.56 Å². The Morgan fingerprint density at radius 2 is 2.06 bits per heavy atom. The van der Waals surface area contributed by atoms with E-state index in [2.05, 4.69) is 5.32 Å². The standard InChI is InChI=1S/C14H21NO3/c1-11-5-7-13(8-6-11)18-9-3-4-14(17)15-10-12(2)16/h5-8,12,16H,3-4,9-10H2,1-2H3,(H,15,17)/t12-/m1/s1. The molecule has 2 N–H and O–H groups in total. The molecule has 0 radical (unpaired) electrons. The van der Waals surface area contributed by atoms with Crippen LogP contribution in [0.4, 0.5) is 0 Å². The number of hydrogen-bond donors (Lipinski definition) is 2. The van der Waals surface area contributed by atoms with Gasteiger partial charge >= 0.3 is 0 Å². The van der Waals surface area contributed by atoms with Gasteiger partial charge in [0.2, 0.25) is 5.91 Å². The highest BCUT2D eigenvalue weighted by atomic mass is 16.5. The predicted molar refractivity (Wildman–Crippen MR) is 70.6 cm³/mol. The highest BCUT2D eigenvalue weighted by Crippen LogP contribution is 2.11. The second kappa shape index (κ2) is 7.71. The molecule has 1 atom stereocenters. The van der Waals surface area contributed by atoms with Gasteiger partial charge in [0.15, 0.2) is 0 Å². The molecule has 0 fully saturated rings. The van der Waals surface area contributed by atoms with Gasteiger partial charge in [-0.1, -0.05) is 17.7 Å². The average molecular weight is 251 g/mol. The van der Waals surface area contributed by atoms with Gasteiger partial charge in [0.25, 0.3) is 0 Å². The number of benzene rings is 1. The summed E-state index contributed by atoms with van der Waals surface area (Å²) in [6, 6.07) is 7.82. The summed E-state index contributed by atoms with van der Waals surface area (Å²) in [5, 5.41) is 11.6. The van der Waals surface area contributed by atoms with Crippen LogP contribution in [0.1, 0.15) is 25.3 Å². The van der Waals surface area contributed by atoms with Crippen molar-refractivity contribution in [2.45, 2.75) is 32.8 Å². The normalized spacial score (nSPS) is 11.9. The third kappa shape index (κ3) is 6.25. The number of nitrogens with one attached hydrogen (secondary N) is 1. The van der Waals surface area contributed by atoms with Crippen molar-refractivity contribution in [1.82, 2.24) is 5.32 Å². The number of hydrogen-bond acceptors (Lipinski definition) is 3. The zero-order chi connectivity index (χ0) is 13.4. The average Bonchev–Trinajstić information content (AvgIpc) is 2.34. The highest BCUT2D eigenvalue weighted by molar-refractivity contribution is 5.75. The van der Waals surface area contributed by atoms with Crippen molar-refractivity contribution in [1.29, 1.82) is 0 Å². The molecule has 0 aliphatic heterocycles. The number of aliphatic hydroxyl groups excluding tert-OH is 1. The van der Waals surface area contributed by atoms with Crippen molar-refractivity contribution in [3.8, 4) is 5.75 Å². The molecule has 0 unspecified atom stereocenters. The van der Waals surface area contributed by atoms with Crippen molar-refractivity contribution >= 4 is 5.91 Å². The van der Waals surface area contributed by atoms with E-state index >= 15 is 0 Å². The molecule has 4 heteroatoms. The molecule has 0 saturated carbocycles.